The molecule has 0 spiro atoms. The minimum Gasteiger partial charge on any atom is -0.380 e. The van der Waals surface area contributed by atoms with E-state index in [0.29, 0.717) is 6.04 Å². The average molecular weight is 320 g/mol. The first-order valence-corrected chi connectivity index (χ1v) is 8.81. The summed E-state index contributed by atoms with van der Waals surface area (Å²) in [4.78, 5) is 5.96. The molecular formula is C21H24N2O. The van der Waals surface area contributed by atoms with Gasteiger partial charge in [-0.05, 0) is 36.1 Å². The lowest BCUT2D eigenvalue weighted by molar-refractivity contribution is 0.0559. The molecule has 1 N–H and O–H groups in total. The number of H-pyrrole nitrogens is 1. The van der Waals surface area contributed by atoms with Gasteiger partial charge >= 0.3 is 0 Å². The summed E-state index contributed by atoms with van der Waals surface area (Å²) in [6, 6.07) is 17.7. The molecule has 0 bridgehead atoms. The van der Waals surface area contributed by atoms with Gasteiger partial charge in [-0.3, -0.25) is 4.90 Å². The number of aromatic amines is 1. The SMILES string of the molecule is CCOCC1c2ccccc2CCN1Cc1c[nH]c2ccccc12. The van der Waals surface area contributed by atoms with Crippen LogP contribution in [0.1, 0.15) is 29.7 Å². The van der Waals surface area contributed by atoms with Crippen LogP contribution in [0.25, 0.3) is 10.9 Å². The van der Waals surface area contributed by atoms with E-state index in [1.54, 1.807) is 0 Å². The molecule has 1 atom stereocenters. The summed E-state index contributed by atoms with van der Waals surface area (Å²) in [6.07, 6.45) is 3.27. The maximum Gasteiger partial charge on any atom is 0.0663 e. The molecule has 0 saturated heterocycles. The number of rotatable bonds is 5. The minimum atomic E-state index is 0.337. The first kappa shape index (κ1) is 15.4. The van der Waals surface area contributed by atoms with Crippen LogP contribution in [-0.2, 0) is 17.7 Å². The van der Waals surface area contributed by atoms with Crippen LogP contribution in [-0.4, -0.2) is 29.6 Å². The molecule has 0 radical (unpaired) electrons. The van der Waals surface area contributed by atoms with Crippen LogP contribution in [0, 0.1) is 0 Å². The molecular weight excluding hydrogens is 296 g/mol. The van der Waals surface area contributed by atoms with Crippen molar-refractivity contribution in [2.45, 2.75) is 25.9 Å². The van der Waals surface area contributed by atoms with Crippen molar-refractivity contribution in [2.24, 2.45) is 0 Å². The molecule has 0 aliphatic carbocycles. The van der Waals surface area contributed by atoms with Crippen LogP contribution >= 0.6 is 0 Å². The quantitative estimate of drug-likeness (QED) is 0.759. The third-order valence-electron chi connectivity index (χ3n) is 5.05. The fraction of sp³-hybridized carbons (Fsp3) is 0.333. The van der Waals surface area contributed by atoms with Crippen molar-refractivity contribution in [2.75, 3.05) is 19.8 Å². The van der Waals surface area contributed by atoms with Gasteiger partial charge in [0.1, 0.15) is 0 Å². The highest BCUT2D eigenvalue weighted by molar-refractivity contribution is 5.82. The molecule has 24 heavy (non-hydrogen) atoms. The summed E-state index contributed by atoms with van der Waals surface area (Å²) in [5, 5.41) is 1.33. The lowest BCUT2D eigenvalue weighted by Gasteiger charge is -2.37. The molecule has 1 aliphatic heterocycles. The van der Waals surface area contributed by atoms with E-state index in [4.69, 9.17) is 4.74 Å². The number of benzene rings is 2. The van der Waals surface area contributed by atoms with E-state index in [2.05, 4.69) is 71.5 Å². The number of hydrogen-bond acceptors (Lipinski definition) is 2. The van der Waals surface area contributed by atoms with Crippen molar-refractivity contribution in [1.29, 1.82) is 0 Å². The summed E-state index contributed by atoms with van der Waals surface area (Å²) in [6.45, 7) is 5.62. The molecule has 0 amide bonds. The van der Waals surface area contributed by atoms with Gasteiger partial charge in [-0.1, -0.05) is 42.5 Å². The number of para-hydroxylation sites is 1. The summed E-state index contributed by atoms with van der Waals surface area (Å²) in [5.41, 5.74) is 5.48. The Morgan fingerprint density at radius 3 is 2.88 bits per heavy atom. The number of aromatic nitrogens is 1. The lowest BCUT2D eigenvalue weighted by atomic mass is 9.92. The second-order valence-corrected chi connectivity index (χ2v) is 6.45. The first-order chi connectivity index (χ1) is 11.9. The summed E-state index contributed by atoms with van der Waals surface area (Å²) in [5.74, 6) is 0. The summed E-state index contributed by atoms with van der Waals surface area (Å²) < 4.78 is 5.82. The highest BCUT2D eigenvalue weighted by Gasteiger charge is 2.27. The maximum atomic E-state index is 5.82. The Hall–Kier alpha value is -2.10. The normalized spacial score (nSPS) is 18.0. The third kappa shape index (κ3) is 2.85. The molecule has 0 saturated carbocycles. The van der Waals surface area contributed by atoms with Gasteiger partial charge < -0.3 is 9.72 Å². The van der Waals surface area contributed by atoms with Crippen LogP contribution in [0.5, 0.6) is 0 Å². The predicted molar refractivity (Wildman–Crippen MR) is 98.1 cm³/mol. The molecule has 1 unspecified atom stereocenters. The molecule has 3 aromatic rings. The summed E-state index contributed by atoms with van der Waals surface area (Å²) >= 11 is 0. The van der Waals surface area contributed by atoms with Gasteiger partial charge in [0, 0.05) is 36.8 Å². The highest BCUT2D eigenvalue weighted by atomic mass is 16.5. The van der Waals surface area contributed by atoms with E-state index < -0.39 is 0 Å². The van der Waals surface area contributed by atoms with Crippen LogP contribution < -0.4 is 0 Å². The Morgan fingerprint density at radius 1 is 1.12 bits per heavy atom. The number of nitrogens with one attached hydrogen (secondary N) is 1. The third-order valence-corrected chi connectivity index (χ3v) is 5.05. The molecule has 0 fully saturated rings. The zero-order valence-corrected chi connectivity index (χ0v) is 14.2. The van der Waals surface area contributed by atoms with E-state index in [0.717, 1.165) is 32.7 Å². The molecule has 2 aromatic carbocycles. The van der Waals surface area contributed by atoms with Gasteiger partial charge in [-0.25, -0.2) is 0 Å². The van der Waals surface area contributed by atoms with Gasteiger partial charge in [0.05, 0.1) is 12.6 Å². The van der Waals surface area contributed by atoms with Crippen molar-refractivity contribution >= 4 is 10.9 Å². The van der Waals surface area contributed by atoms with Crippen molar-refractivity contribution in [3.8, 4) is 0 Å². The molecule has 2 heterocycles. The van der Waals surface area contributed by atoms with Gasteiger partial charge in [0.15, 0.2) is 0 Å². The topological polar surface area (TPSA) is 28.3 Å². The second kappa shape index (κ2) is 6.80. The van der Waals surface area contributed by atoms with E-state index in [-0.39, 0.29) is 0 Å². The monoisotopic (exact) mass is 320 g/mol. The summed E-state index contributed by atoms with van der Waals surface area (Å²) in [7, 11) is 0. The van der Waals surface area contributed by atoms with Crippen molar-refractivity contribution < 1.29 is 4.74 Å². The Kier molecular flexibility index (Phi) is 4.37. The fourth-order valence-electron chi connectivity index (χ4n) is 3.80. The molecule has 4 rings (SSSR count). The zero-order chi connectivity index (χ0) is 16.4. The van der Waals surface area contributed by atoms with E-state index in [1.165, 1.54) is 27.6 Å². The highest BCUT2D eigenvalue weighted by Crippen LogP contribution is 2.32. The number of fused-ring (bicyclic) bond motifs is 2. The molecule has 1 aliphatic rings. The number of ether oxygens (including phenoxy) is 1. The average Bonchev–Trinajstić information content (AvgIpc) is 3.04. The molecule has 124 valence electrons. The van der Waals surface area contributed by atoms with Gasteiger partial charge in [0.2, 0.25) is 0 Å². The smallest absolute Gasteiger partial charge is 0.0663 e. The Bertz CT molecular complexity index is 823. The van der Waals surface area contributed by atoms with Crippen LogP contribution in [0.3, 0.4) is 0 Å². The molecule has 3 nitrogen and oxygen atoms in total. The van der Waals surface area contributed by atoms with Crippen LogP contribution in [0.4, 0.5) is 0 Å². The Labute approximate surface area is 143 Å². The van der Waals surface area contributed by atoms with E-state index in [1.807, 2.05) is 0 Å². The Balaban J connectivity index is 1.64. The minimum absolute atomic E-state index is 0.337. The predicted octanol–water partition coefficient (Wildman–Crippen LogP) is 4.30. The van der Waals surface area contributed by atoms with Crippen LogP contribution in [0.15, 0.2) is 54.7 Å². The largest absolute Gasteiger partial charge is 0.380 e. The standard InChI is InChI=1S/C21H24N2O/c1-2-24-15-21-19-9-4-3-7-16(19)11-12-23(21)14-17-13-22-20-10-6-5-8-18(17)20/h3-10,13,21-22H,2,11-12,14-15H2,1H3. The Morgan fingerprint density at radius 2 is 1.96 bits per heavy atom. The second-order valence-electron chi connectivity index (χ2n) is 6.45. The molecule has 3 heteroatoms. The zero-order valence-electron chi connectivity index (χ0n) is 14.2. The van der Waals surface area contributed by atoms with E-state index in [9.17, 15) is 0 Å². The van der Waals surface area contributed by atoms with Gasteiger partial charge in [-0.15, -0.1) is 0 Å². The van der Waals surface area contributed by atoms with Gasteiger partial charge in [-0.2, -0.15) is 0 Å². The van der Waals surface area contributed by atoms with Crippen LogP contribution in [0.2, 0.25) is 0 Å². The first-order valence-electron chi connectivity index (χ1n) is 8.81. The van der Waals surface area contributed by atoms with Crippen molar-refractivity contribution in [1.82, 2.24) is 9.88 Å². The van der Waals surface area contributed by atoms with Gasteiger partial charge in [0.25, 0.3) is 0 Å². The number of nitrogens with zero attached hydrogens (tertiary/aromatic N) is 1. The molecule has 1 aromatic heterocycles. The van der Waals surface area contributed by atoms with E-state index >= 15 is 0 Å². The maximum absolute atomic E-state index is 5.82. The lowest BCUT2D eigenvalue weighted by Crippen LogP contribution is -2.37. The fourth-order valence-corrected chi connectivity index (χ4v) is 3.80. The van der Waals surface area contributed by atoms with Crippen molar-refractivity contribution in [3.63, 3.8) is 0 Å². The number of hydrogen-bond donors (Lipinski definition) is 1. The van der Waals surface area contributed by atoms with Crippen molar-refractivity contribution in [3.05, 3.63) is 71.4 Å².